The minimum absolute atomic E-state index is 0.166. The summed E-state index contributed by atoms with van der Waals surface area (Å²) >= 11 is 0. The summed E-state index contributed by atoms with van der Waals surface area (Å²) in [4.78, 5) is 22.1. The van der Waals surface area contributed by atoms with Crippen molar-refractivity contribution in [2.45, 2.75) is 0 Å². The Balaban J connectivity index is 1.81. The van der Waals surface area contributed by atoms with Gasteiger partial charge in [0.15, 0.2) is 0 Å². The molecule has 0 radical (unpaired) electrons. The first-order valence-corrected chi connectivity index (χ1v) is 6.48. The lowest BCUT2D eigenvalue weighted by Crippen LogP contribution is -2.27. The topological polar surface area (TPSA) is 80.6 Å². The Kier molecular flexibility index (Phi) is 5.11. The number of rotatable bonds is 7. The maximum atomic E-state index is 11.8. The molecule has 1 aromatic carbocycles. The van der Waals surface area contributed by atoms with Crippen molar-refractivity contribution < 1.29 is 19.4 Å². The first-order valence-electron chi connectivity index (χ1n) is 6.48. The number of hydrogen-bond acceptors (Lipinski definition) is 3. The summed E-state index contributed by atoms with van der Waals surface area (Å²) < 4.78 is 6.78. The van der Waals surface area contributed by atoms with Crippen molar-refractivity contribution in [1.82, 2.24) is 9.88 Å². The number of ether oxygens (including phenoxy) is 1. The van der Waals surface area contributed by atoms with E-state index in [0.717, 1.165) is 5.69 Å². The van der Waals surface area contributed by atoms with Gasteiger partial charge >= 0.3 is 5.97 Å². The van der Waals surface area contributed by atoms with Crippen LogP contribution in [-0.2, 0) is 9.53 Å². The second kappa shape index (κ2) is 7.25. The van der Waals surface area contributed by atoms with Crippen molar-refractivity contribution >= 4 is 11.9 Å². The molecule has 0 fully saturated rings. The van der Waals surface area contributed by atoms with E-state index in [2.05, 4.69) is 5.32 Å². The zero-order valence-electron chi connectivity index (χ0n) is 11.4. The van der Waals surface area contributed by atoms with Crippen molar-refractivity contribution in [3.05, 3.63) is 54.4 Å². The van der Waals surface area contributed by atoms with Crippen LogP contribution < -0.4 is 5.32 Å². The summed E-state index contributed by atoms with van der Waals surface area (Å²) in [6.07, 6.45) is 3.85. The lowest BCUT2D eigenvalue weighted by Gasteiger charge is -2.07. The Hall–Kier alpha value is -2.60. The van der Waals surface area contributed by atoms with E-state index in [4.69, 9.17) is 9.84 Å². The highest BCUT2D eigenvalue weighted by atomic mass is 16.5. The number of carbonyl (C=O) groups is 2. The van der Waals surface area contributed by atoms with E-state index < -0.39 is 5.97 Å². The van der Waals surface area contributed by atoms with Gasteiger partial charge in [0.25, 0.3) is 5.91 Å². The maximum Gasteiger partial charge on any atom is 0.329 e. The molecule has 6 heteroatoms. The molecule has 0 aliphatic heterocycles. The van der Waals surface area contributed by atoms with Gasteiger partial charge in [-0.25, -0.2) is 4.79 Å². The second-order valence-electron chi connectivity index (χ2n) is 4.34. The summed E-state index contributed by atoms with van der Waals surface area (Å²) in [6, 6.07) is 11.0. The lowest BCUT2D eigenvalue weighted by molar-refractivity contribution is -0.142. The first kappa shape index (κ1) is 14.8. The monoisotopic (exact) mass is 288 g/mol. The van der Waals surface area contributed by atoms with Crippen LogP contribution in [0.3, 0.4) is 0 Å². The summed E-state index contributed by atoms with van der Waals surface area (Å²) in [5, 5.41) is 11.1. The molecule has 2 aromatic rings. The number of nitrogens with zero attached hydrogens (tertiary/aromatic N) is 1. The first-order chi connectivity index (χ1) is 10.2. The predicted molar refractivity (Wildman–Crippen MR) is 76.6 cm³/mol. The van der Waals surface area contributed by atoms with Gasteiger partial charge in [0, 0.05) is 30.2 Å². The number of nitrogens with one attached hydrogen (secondary N) is 1. The van der Waals surface area contributed by atoms with Crippen LogP contribution in [0.15, 0.2) is 48.8 Å². The number of carboxylic acid groups (broad SMARTS) is 1. The molecule has 21 heavy (non-hydrogen) atoms. The zero-order valence-corrected chi connectivity index (χ0v) is 11.4. The third kappa shape index (κ3) is 4.47. The minimum atomic E-state index is -1.03. The highest BCUT2D eigenvalue weighted by Crippen LogP contribution is 2.09. The summed E-state index contributed by atoms with van der Waals surface area (Å²) in [5.74, 6) is -1.24. The molecule has 2 N–H and O–H groups in total. The largest absolute Gasteiger partial charge is 0.480 e. The van der Waals surface area contributed by atoms with Crippen LogP contribution in [0.5, 0.6) is 0 Å². The Labute approximate surface area is 122 Å². The standard InChI is InChI=1S/C15H16N2O4/c18-14(19)11-21-10-7-16-15(20)12-3-5-13(6-4-12)17-8-1-2-9-17/h1-6,8-9H,7,10-11H2,(H,16,20)(H,18,19). The molecule has 0 unspecified atom stereocenters. The molecule has 0 aliphatic rings. The third-order valence-corrected chi connectivity index (χ3v) is 2.79. The highest BCUT2D eigenvalue weighted by molar-refractivity contribution is 5.94. The number of hydrogen-bond donors (Lipinski definition) is 2. The Bertz CT molecular complexity index is 591. The summed E-state index contributed by atoms with van der Waals surface area (Å²) in [7, 11) is 0. The normalized spacial score (nSPS) is 10.3. The van der Waals surface area contributed by atoms with Crippen LogP contribution in [0.25, 0.3) is 5.69 Å². The number of aromatic nitrogens is 1. The van der Waals surface area contributed by atoms with Crippen LogP contribution >= 0.6 is 0 Å². The van der Waals surface area contributed by atoms with E-state index in [1.54, 1.807) is 12.1 Å². The van der Waals surface area contributed by atoms with E-state index >= 15 is 0 Å². The van der Waals surface area contributed by atoms with Gasteiger partial charge in [0.2, 0.25) is 0 Å². The second-order valence-corrected chi connectivity index (χ2v) is 4.34. The molecule has 0 bridgehead atoms. The Morgan fingerprint density at radius 2 is 1.81 bits per heavy atom. The lowest BCUT2D eigenvalue weighted by atomic mass is 10.2. The van der Waals surface area contributed by atoms with Gasteiger partial charge < -0.3 is 19.7 Å². The molecule has 0 atom stereocenters. The smallest absolute Gasteiger partial charge is 0.329 e. The number of benzene rings is 1. The molecule has 0 spiro atoms. The van der Waals surface area contributed by atoms with E-state index in [0.29, 0.717) is 5.56 Å². The molecule has 2 rings (SSSR count). The molecular formula is C15H16N2O4. The molecule has 0 saturated carbocycles. The molecule has 1 heterocycles. The molecule has 110 valence electrons. The van der Waals surface area contributed by atoms with Crippen molar-refractivity contribution in [1.29, 1.82) is 0 Å². The molecule has 0 aliphatic carbocycles. The van der Waals surface area contributed by atoms with Crippen LogP contribution in [-0.4, -0.2) is 41.3 Å². The number of carbonyl (C=O) groups excluding carboxylic acids is 1. The van der Waals surface area contributed by atoms with Crippen LogP contribution in [0.4, 0.5) is 0 Å². The maximum absolute atomic E-state index is 11.8. The van der Waals surface area contributed by atoms with E-state index in [9.17, 15) is 9.59 Å². The minimum Gasteiger partial charge on any atom is -0.480 e. The van der Waals surface area contributed by atoms with Gasteiger partial charge in [-0.3, -0.25) is 4.79 Å². The number of carboxylic acids is 1. The van der Waals surface area contributed by atoms with Crippen LogP contribution in [0.2, 0.25) is 0 Å². The van der Waals surface area contributed by atoms with Gasteiger partial charge in [-0.2, -0.15) is 0 Å². The zero-order chi connectivity index (χ0) is 15.1. The summed E-state index contributed by atoms with van der Waals surface area (Å²) in [6.45, 7) is 0.0758. The molecule has 1 aromatic heterocycles. The van der Waals surface area contributed by atoms with Crippen molar-refractivity contribution in [3.63, 3.8) is 0 Å². The van der Waals surface area contributed by atoms with E-state index in [1.807, 2.05) is 41.2 Å². The fourth-order valence-corrected chi connectivity index (χ4v) is 1.79. The van der Waals surface area contributed by atoms with E-state index in [1.165, 1.54) is 0 Å². The fraction of sp³-hybridized carbons (Fsp3) is 0.200. The predicted octanol–water partition coefficient (Wildman–Crippen LogP) is 1.31. The summed E-state index contributed by atoms with van der Waals surface area (Å²) in [5.41, 5.74) is 1.52. The van der Waals surface area contributed by atoms with Gasteiger partial charge in [-0.05, 0) is 36.4 Å². The number of aliphatic carboxylic acids is 1. The van der Waals surface area contributed by atoms with Crippen LogP contribution in [0.1, 0.15) is 10.4 Å². The molecule has 0 saturated heterocycles. The average molecular weight is 288 g/mol. The van der Waals surface area contributed by atoms with E-state index in [-0.39, 0.29) is 25.7 Å². The van der Waals surface area contributed by atoms with Gasteiger partial charge in [-0.1, -0.05) is 0 Å². The Morgan fingerprint density at radius 1 is 1.14 bits per heavy atom. The molecule has 1 amide bonds. The quantitative estimate of drug-likeness (QED) is 0.753. The fourth-order valence-electron chi connectivity index (χ4n) is 1.79. The average Bonchev–Trinajstić information content (AvgIpc) is 3.01. The van der Waals surface area contributed by atoms with Gasteiger partial charge in [0.05, 0.1) is 6.61 Å². The highest BCUT2D eigenvalue weighted by Gasteiger charge is 2.05. The van der Waals surface area contributed by atoms with Crippen molar-refractivity contribution in [2.75, 3.05) is 19.8 Å². The van der Waals surface area contributed by atoms with Gasteiger partial charge in [0.1, 0.15) is 6.61 Å². The SMILES string of the molecule is O=C(O)COCCNC(=O)c1ccc(-n2cccc2)cc1. The van der Waals surface area contributed by atoms with Gasteiger partial charge in [-0.15, -0.1) is 0 Å². The third-order valence-electron chi connectivity index (χ3n) is 2.79. The molecule has 6 nitrogen and oxygen atoms in total. The van der Waals surface area contributed by atoms with Crippen molar-refractivity contribution in [2.24, 2.45) is 0 Å². The molecular weight excluding hydrogens is 272 g/mol. The Morgan fingerprint density at radius 3 is 2.43 bits per heavy atom. The van der Waals surface area contributed by atoms with Crippen molar-refractivity contribution in [3.8, 4) is 5.69 Å². The number of amides is 1. The van der Waals surface area contributed by atoms with Crippen LogP contribution in [0, 0.1) is 0 Å².